The van der Waals surface area contributed by atoms with Crippen molar-refractivity contribution in [2.24, 2.45) is 5.73 Å². The molecular formula is C36H46N6O2. The predicted molar refractivity (Wildman–Crippen MR) is 177 cm³/mol. The summed E-state index contributed by atoms with van der Waals surface area (Å²) in [6.07, 6.45) is 6.15. The van der Waals surface area contributed by atoms with Gasteiger partial charge in [0.2, 0.25) is 0 Å². The monoisotopic (exact) mass is 594 g/mol. The highest BCUT2D eigenvalue weighted by Gasteiger charge is 2.32. The highest BCUT2D eigenvalue weighted by atomic mass is 16.2. The van der Waals surface area contributed by atoms with E-state index in [2.05, 4.69) is 81.8 Å². The van der Waals surface area contributed by atoms with Gasteiger partial charge >= 0.3 is 6.03 Å². The van der Waals surface area contributed by atoms with Crippen molar-refractivity contribution in [3.63, 3.8) is 0 Å². The first-order valence-corrected chi connectivity index (χ1v) is 16.4. The van der Waals surface area contributed by atoms with Crippen LogP contribution in [0.25, 0.3) is 0 Å². The molecule has 8 heteroatoms. The summed E-state index contributed by atoms with van der Waals surface area (Å²) in [5.41, 5.74) is 11.1. The van der Waals surface area contributed by atoms with Crippen LogP contribution in [0.4, 0.5) is 16.2 Å². The molecule has 232 valence electrons. The quantitative estimate of drug-likeness (QED) is 0.390. The Morgan fingerprint density at radius 1 is 0.750 bits per heavy atom. The fraction of sp³-hybridized carbons (Fsp3) is 0.444. The molecule has 1 saturated carbocycles. The van der Waals surface area contributed by atoms with Crippen LogP contribution in [0.2, 0.25) is 0 Å². The Morgan fingerprint density at radius 3 is 2.05 bits per heavy atom. The predicted octanol–water partition coefficient (Wildman–Crippen LogP) is 5.25. The molecular weight excluding hydrogens is 548 g/mol. The summed E-state index contributed by atoms with van der Waals surface area (Å²) in [7, 11) is 0. The van der Waals surface area contributed by atoms with Gasteiger partial charge in [-0.05, 0) is 55.1 Å². The molecule has 2 heterocycles. The lowest BCUT2D eigenvalue weighted by Crippen LogP contribution is -2.49. The molecule has 6 rings (SSSR count). The van der Waals surface area contributed by atoms with Gasteiger partial charge in [-0.2, -0.15) is 0 Å². The van der Waals surface area contributed by atoms with Gasteiger partial charge in [-0.25, -0.2) is 4.79 Å². The Labute approximate surface area is 261 Å². The first-order chi connectivity index (χ1) is 21.6. The zero-order valence-corrected chi connectivity index (χ0v) is 25.7. The minimum Gasteiger partial charge on any atom is -0.367 e. The zero-order valence-electron chi connectivity index (χ0n) is 25.7. The van der Waals surface area contributed by atoms with Gasteiger partial charge in [0, 0.05) is 57.4 Å². The van der Waals surface area contributed by atoms with Gasteiger partial charge in [0.25, 0.3) is 5.91 Å². The number of rotatable bonds is 7. The second-order valence-corrected chi connectivity index (χ2v) is 12.3. The van der Waals surface area contributed by atoms with Crippen LogP contribution in [0.1, 0.15) is 66.1 Å². The van der Waals surface area contributed by atoms with Crippen LogP contribution in [0.3, 0.4) is 0 Å². The molecule has 3 N–H and O–H groups in total. The van der Waals surface area contributed by atoms with Gasteiger partial charge in [0.15, 0.2) is 0 Å². The molecule has 3 amide bonds. The molecule has 3 aliphatic rings. The van der Waals surface area contributed by atoms with Crippen LogP contribution >= 0.6 is 0 Å². The van der Waals surface area contributed by atoms with Crippen LogP contribution in [-0.2, 0) is 0 Å². The Hall–Kier alpha value is -3.88. The van der Waals surface area contributed by atoms with Crippen LogP contribution in [-0.4, -0.2) is 80.1 Å². The zero-order chi connectivity index (χ0) is 30.3. The van der Waals surface area contributed by atoms with Crippen LogP contribution < -0.4 is 20.9 Å². The lowest BCUT2D eigenvalue weighted by atomic mass is 9.93. The smallest absolute Gasteiger partial charge is 0.319 e. The minimum atomic E-state index is -0.437. The normalized spacial score (nSPS) is 18.7. The lowest BCUT2D eigenvalue weighted by molar-refractivity contribution is 0.0766. The van der Waals surface area contributed by atoms with Crippen molar-refractivity contribution in [2.45, 2.75) is 50.6 Å². The number of hydrogen-bond acceptors (Lipinski definition) is 5. The third-order valence-electron chi connectivity index (χ3n) is 9.54. The molecule has 8 nitrogen and oxygen atoms in total. The van der Waals surface area contributed by atoms with Gasteiger partial charge < -0.3 is 20.9 Å². The molecule has 44 heavy (non-hydrogen) atoms. The first kappa shape index (κ1) is 30.2. The highest BCUT2D eigenvalue weighted by molar-refractivity contribution is 6.00. The molecule has 3 fully saturated rings. The summed E-state index contributed by atoms with van der Waals surface area (Å²) in [6, 6.07) is 27.2. The van der Waals surface area contributed by atoms with Crippen LogP contribution in [0.15, 0.2) is 78.9 Å². The van der Waals surface area contributed by atoms with Gasteiger partial charge in [0.05, 0.1) is 17.4 Å². The van der Waals surface area contributed by atoms with E-state index in [9.17, 15) is 9.59 Å². The van der Waals surface area contributed by atoms with Crippen LogP contribution in [0, 0.1) is 0 Å². The number of carbonyl (C=O) groups is 2. The molecule has 0 spiro atoms. The summed E-state index contributed by atoms with van der Waals surface area (Å²) in [4.78, 5) is 35.5. The SMILES string of the molecule is NC(=O)N(c1cc(C(=O)N2CCCNCC2)ccc1N1CCN(C(c2ccccc2)c2ccccc2)CC1)C1CCCCC1. The van der Waals surface area contributed by atoms with E-state index < -0.39 is 6.03 Å². The second-order valence-electron chi connectivity index (χ2n) is 12.3. The van der Waals surface area contributed by atoms with E-state index in [1.165, 1.54) is 17.5 Å². The summed E-state index contributed by atoms with van der Waals surface area (Å²) in [6.45, 7) is 6.50. The molecule has 3 aromatic rings. The number of carbonyl (C=O) groups excluding carboxylic acids is 2. The summed E-state index contributed by atoms with van der Waals surface area (Å²) < 4.78 is 0. The Morgan fingerprint density at radius 2 is 1.41 bits per heavy atom. The molecule has 2 saturated heterocycles. The molecule has 0 bridgehead atoms. The second kappa shape index (κ2) is 14.3. The van der Waals surface area contributed by atoms with Crippen LogP contribution in [0.5, 0.6) is 0 Å². The number of benzene rings is 3. The third-order valence-corrected chi connectivity index (χ3v) is 9.54. The lowest BCUT2D eigenvalue weighted by Gasteiger charge is -2.42. The molecule has 0 radical (unpaired) electrons. The maximum atomic E-state index is 13.7. The van der Waals surface area contributed by atoms with E-state index in [-0.39, 0.29) is 18.0 Å². The maximum Gasteiger partial charge on any atom is 0.319 e. The number of amides is 3. The van der Waals surface area contributed by atoms with Crippen molar-refractivity contribution in [1.29, 1.82) is 0 Å². The molecule has 0 atom stereocenters. The van der Waals surface area contributed by atoms with Crippen molar-refractivity contribution >= 4 is 23.3 Å². The number of piperazine rings is 1. The number of anilines is 2. The van der Waals surface area contributed by atoms with Crippen molar-refractivity contribution in [3.05, 3.63) is 95.6 Å². The number of nitrogens with two attached hydrogens (primary N) is 1. The average Bonchev–Trinajstić information content (AvgIpc) is 3.36. The number of primary amides is 1. The summed E-state index contributed by atoms with van der Waals surface area (Å²) in [5.74, 6) is 0.0212. The van der Waals surface area contributed by atoms with E-state index >= 15 is 0 Å². The molecule has 0 unspecified atom stereocenters. The van der Waals surface area contributed by atoms with Crippen molar-refractivity contribution in [3.8, 4) is 0 Å². The van der Waals surface area contributed by atoms with Gasteiger partial charge in [-0.15, -0.1) is 0 Å². The van der Waals surface area contributed by atoms with Gasteiger partial charge in [-0.1, -0.05) is 79.9 Å². The number of urea groups is 1. The van der Waals surface area contributed by atoms with Gasteiger partial charge in [-0.3, -0.25) is 14.6 Å². The summed E-state index contributed by atoms with van der Waals surface area (Å²) in [5, 5.41) is 3.38. The number of nitrogens with one attached hydrogen (secondary N) is 1. The van der Waals surface area contributed by atoms with Crippen molar-refractivity contribution < 1.29 is 9.59 Å². The molecule has 1 aliphatic carbocycles. The standard InChI is InChI=1S/C36H46N6O2/c37-36(44)42(31-15-8-3-9-16-31)33-27-30(35(43)41-21-10-19-38-20-22-41)17-18-32(33)39-23-25-40(26-24-39)34(28-11-4-1-5-12-28)29-13-6-2-7-14-29/h1-2,4-7,11-14,17-18,27,31,34,38H,3,8-10,15-16,19-26H2,(H2,37,44). The Kier molecular flexibility index (Phi) is 9.78. The maximum absolute atomic E-state index is 13.7. The van der Waals surface area contributed by atoms with Crippen molar-refractivity contribution in [2.75, 3.05) is 62.2 Å². The van der Waals surface area contributed by atoms with E-state index in [0.717, 1.165) is 89.3 Å². The highest BCUT2D eigenvalue weighted by Crippen LogP contribution is 2.37. The number of hydrogen-bond donors (Lipinski definition) is 2. The van der Waals surface area contributed by atoms with E-state index in [4.69, 9.17) is 5.73 Å². The average molecular weight is 595 g/mol. The number of nitrogens with zero attached hydrogens (tertiary/aromatic N) is 4. The minimum absolute atomic E-state index is 0.0212. The Bertz CT molecular complexity index is 1340. The first-order valence-electron chi connectivity index (χ1n) is 16.4. The molecule has 2 aliphatic heterocycles. The fourth-order valence-corrected chi connectivity index (χ4v) is 7.29. The van der Waals surface area contributed by atoms with Gasteiger partial charge in [0.1, 0.15) is 0 Å². The third kappa shape index (κ3) is 6.76. The van der Waals surface area contributed by atoms with Crippen molar-refractivity contribution in [1.82, 2.24) is 15.1 Å². The summed E-state index contributed by atoms with van der Waals surface area (Å²) >= 11 is 0. The topological polar surface area (TPSA) is 85.1 Å². The Balaban J connectivity index is 1.29. The van der Waals surface area contributed by atoms with E-state index in [1.807, 2.05) is 17.0 Å². The van der Waals surface area contributed by atoms with E-state index in [1.54, 1.807) is 4.90 Å². The largest absolute Gasteiger partial charge is 0.367 e. The van der Waals surface area contributed by atoms with E-state index in [0.29, 0.717) is 12.1 Å². The molecule has 0 aromatic heterocycles. The molecule has 3 aromatic carbocycles. The fourth-order valence-electron chi connectivity index (χ4n) is 7.29.